The first kappa shape index (κ1) is 29.2. The molecular formula is C32H44N6O3. The fourth-order valence-corrected chi connectivity index (χ4v) is 6.60. The Morgan fingerprint density at radius 2 is 1.88 bits per heavy atom. The van der Waals surface area contributed by atoms with Crippen LogP contribution in [-0.4, -0.2) is 82.8 Å². The molecule has 1 amide bonds. The summed E-state index contributed by atoms with van der Waals surface area (Å²) in [6.07, 6.45) is 2.63. The van der Waals surface area contributed by atoms with Crippen molar-refractivity contribution < 1.29 is 9.53 Å². The summed E-state index contributed by atoms with van der Waals surface area (Å²) in [5, 5.41) is 10.4. The Morgan fingerprint density at radius 3 is 2.51 bits per heavy atom. The second-order valence-electron chi connectivity index (χ2n) is 12.9. The minimum absolute atomic E-state index is 0.0639. The average Bonchev–Trinajstić information content (AvgIpc) is 3.34. The van der Waals surface area contributed by atoms with E-state index in [0.717, 1.165) is 55.8 Å². The third kappa shape index (κ3) is 6.29. The van der Waals surface area contributed by atoms with E-state index in [2.05, 4.69) is 59.0 Å². The third-order valence-electron chi connectivity index (χ3n) is 8.70. The summed E-state index contributed by atoms with van der Waals surface area (Å²) < 4.78 is 7.54. The molecule has 3 aliphatic heterocycles. The molecule has 1 aromatic carbocycles. The number of likely N-dealkylation sites (tertiary alicyclic amines) is 1. The van der Waals surface area contributed by atoms with E-state index >= 15 is 0 Å². The highest BCUT2D eigenvalue weighted by Gasteiger charge is 2.36. The topological polar surface area (TPSA) is 85.0 Å². The van der Waals surface area contributed by atoms with Crippen molar-refractivity contribution in [2.75, 3.05) is 44.7 Å². The molecule has 2 fully saturated rings. The van der Waals surface area contributed by atoms with Gasteiger partial charge in [-0.05, 0) is 71.7 Å². The number of hydrogen-bond acceptors (Lipinski definition) is 7. The predicted molar refractivity (Wildman–Crippen MR) is 160 cm³/mol. The molecule has 2 aromatic rings. The molecule has 0 bridgehead atoms. The number of fused-ring (bicyclic) bond motifs is 1. The lowest BCUT2D eigenvalue weighted by atomic mass is 9.96. The Morgan fingerprint density at radius 1 is 1.12 bits per heavy atom. The van der Waals surface area contributed by atoms with Gasteiger partial charge >= 0.3 is 6.09 Å². The molecule has 1 aromatic heterocycles. The van der Waals surface area contributed by atoms with Crippen molar-refractivity contribution in [2.45, 2.75) is 84.3 Å². The van der Waals surface area contributed by atoms with Crippen LogP contribution in [0.4, 0.5) is 10.5 Å². The van der Waals surface area contributed by atoms with Crippen LogP contribution >= 0.6 is 0 Å². The van der Waals surface area contributed by atoms with Crippen LogP contribution in [0.2, 0.25) is 0 Å². The van der Waals surface area contributed by atoms with Gasteiger partial charge in [-0.1, -0.05) is 30.3 Å². The van der Waals surface area contributed by atoms with Crippen molar-refractivity contribution in [2.24, 2.45) is 0 Å². The number of hydrogen-bond donors (Lipinski definition) is 0. The molecule has 0 N–H and O–H groups in total. The van der Waals surface area contributed by atoms with Crippen LogP contribution in [0, 0.1) is 11.3 Å². The van der Waals surface area contributed by atoms with E-state index in [-0.39, 0.29) is 29.3 Å². The molecule has 0 unspecified atom stereocenters. The van der Waals surface area contributed by atoms with Gasteiger partial charge in [-0.25, -0.2) is 4.79 Å². The maximum Gasteiger partial charge on any atom is 0.410 e. The SMILES string of the molecule is C[C@H]1CN(C(=O)OC(C)(C)C)CCN1c1c2c(n(C[C@@H]3CCCN3C)c(=O)c1C#N)CN(Cc1ccccc1)CC2. The number of carbonyl (C=O) groups excluding carboxylic acids is 1. The molecule has 0 radical (unpaired) electrons. The van der Waals surface area contributed by atoms with Crippen molar-refractivity contribution in [3.8, 4) is 6.07 Å². The summed E-state index contributed by atoms with van der Waals surface area (Å²) in [4.78, 5) is 35.6. The number of piperazine rings is 1. The van der Waals surface area contributed by atoms with Gasteiger partial charge in [-0.2, -0.15) is 5.26 Å². The minimum Gasteiger partial charge on any atom is -0.444 e. The van der Waals surface area contributed by atoms with Crippen LogP contribution in [0.15, 0.2) is 35.1 Å². The van der Waals surface area contributed by atoms with E-state index in [1.54, 1.807) is 4.90 Å². The number of amides is 1. The van der Waals surface area contributed by atoms with Gasteiger partial charge in [0.05, 0.1) is 5.69 Å². The average molecular weight is 561 g/mol. The Hall–Kier alpha value is -3.35. The predicted octanol–water partition coefficient (Wildman–Crippen LogP) is 3.82. The molecule has 2 saturated heterocycles. The monoisotopic (exact) mass is 560 g/mol. The van der Waals surface area contributed by atoms with E-state index in [1.807, 2.05) is 31.4 Å². The fourth-order valence-electron chi connectivity index (χ4n) is 6.60. The van der Waals surface area contributed by atoms with E-state index in [9.17, 15) is 14.9 Å². The van der Waals surface area contributed by atoms with Gasteiger partial charge in [0, 0.05) is 63.6 Å². The lowest BCUT2D eigenvalue weighted by Crippen LogP contribution is -2.55. The first-order chi connectivity index (χ1) is 19.6. The molecular weight excluding hydrogens is 516 g/mol. The number of anilines is 1. The fraction of sp³-hybridized carbons (Fsp3) is 0.594. The number of nitriles is 1. The van der Waals surface area contributed by atoms with Crippen molar-refractivity contribution in [3.63, 3.8) is 0 Å². The number of carbonyl (C=O) groups is 1. The van der Waals surface area contributed by atoms with Crippen LogP contribution in [0.3, 0.4) is 0 Å². The van der Waals surface area contributed by atoms with Gasteiger partial charge in [0.1, 0.15) is 17.2 Å². The second kappa shape index (κ2) is 11.9. The van der Waals surface area contributed by atoms with Gasteiger partial charge in [-0.3, -0.25) is 9.69 Å². The van der Waals surface area contributed by atoms with E-state index < -0.39 is 5.60 Å². The minimum atomic E-state index is -0.561. The summed E-state index contributed by atoms with van der Waals surface area (Å²) in [5.74, 6) is 0. The van der Waals surface area contributed by atoms with Gasteiger partial charge in [0.2, 0.25) is 0 Å². The summed E-state index contributed by atoms with van der Waals surface area (Å²) >= 11 is 0. The molecule has 0 spiro atoms. The molecule has 9 nitrogen and oxygen atoms in total. The lowest BCUT2D eigenvalue weighted by Gasteiger charge is -2.43. The van der Waals surface area contributed by atoms with Crippen LogP contribution in [0.25, 0.3) is 0 Å². The molecule has 4 heterocycles. The number of nitrogens with zero attached hydrogens (tertiary/aromatic N) is 6. The molecule has 3 aliphatic rings. The highest BCUT2D eigenvalue weighted by Crippen LogP contribution is 2.34. The Kier molecular flexibility index (Phi) is 8.44. The van der Waals surface area contributed by atoms with E-state index in [0.29, 0.717) is 32.7 Å². The van der Waals surface area contributed by atoms with Gasteiger partial charge < -0.3 is 24.0 Å². The standard InChI is InChI=1S/C32H44N6O3/c1-23-19-36(31(40)41-32(2,3)4)16-17-37(23)29-26-13-15-35(20-24-10-7-6-8-11-24)22-28(26)38(30(39)27(29)18-33)21-25-12-9-14-34(25)5/h6-8,10-11,23,25H,9,12-17,19-22H2,1-5H3/t23-,25-/m0/s1. The number of pyridine rings is 1. The third-order valence-corrected chi connectivity index (χ3v) is 8.70. The quantitative estimate of drug-likeness (QED) is 0.550. The zero-order valence-electron chi connectivity index (χ0n) is 25.2. The molecule has 9 heteroatoms. The zero-order chi connectivity index (χ0) is 29.3. The summed E-state index contributed by atoms with van der Waals surface area (Å²) in [6.45, 7) is 13.2. The van der Waals surface area contributed by atoms with Crippen LogP contribution in [0.5, 0.6) is 0 Å². The number of ether oxygens (including phenoxy) is 1. The van der Waals surface area contributed by atoms with E-state index in [1.165, 1.54) is 5.56 Å². The highest BCUT2D eigenvalue weighted by atomic mass is 16.6. The summed E-state index contributed by atoms with van der Waals surface area (Å²) in [7, 11) is 2.13. The Bertz CT molecular complexity index is 1360. The van der Waals surface area contributed by atoms with Crippen molar-refractivity contribution in [3.05, 3.63) is 63.1 Å². The molecule has 0 aliphatic carbocycles. The molecule has 41 heavy (non-hydrogen) atoms. The van der Waals surface area contributed by atoms with Crippen molar-refractivity contribution >= 4 is 11.8 Å². The molecule has 0 saturated carbocycles. The van der Waals surface area contributed by atoms with Crippen LogP contribution < -0.4 is 10.5 Å². The number of likely N-dealkylation sites (N-methyl/N-ethyl adjacent to an activating group) is 1. The molecule has 220 valence electrons. The van der Waals surface area contributed by atoms with E-state index in [4.69, 9.17) is 4.74 Å². The number of benzene rings is 1. The number of rotatable bonds is 5. The summed E-state index contributed by atoms with van der Waals surface area (Å²) in [6, 6.07) is 13.0. The zero-order valence-corrected chi connectivity index (χ0v) is 25.2. The van der Waals surface area contributed by atoms with Crippen LogP contribution in [-0.2, 0) is 30.8 Å². The first-order valence-electron chi connectivity index (χ1n) is 15.0. The maximum atomic E-state index is 14.1. The highest BCUT2D eigenvalue weighted by molar-refractivity contribution is 5.70. The van der Waals surface area contributed by atoms with Gasteiger partial charge in [0.25, 0.3) is 5.56 Å². The maximum absolute atomic E-state index is 14.1. The van der Waals surface area contributed by atoms with Crippen molar-refractivity contribution in [1.29, 1.82) is 5.26 Å². The first-order valence-corrected chi connectivity index (χ1v) is 15.0. The lowest BCUT2D eigenvalue weighted by molar-refractivity contribution is 0.0218. The second-order valence-corrected chi connectivity index (χ2v) is 12.9. The molecule has 5 rings (SSSR count). The van der Waals surface area contributed by atoms with Gasteiger partial charge in [-0.15, -0.1) is 0 Å². The Labute approximate surface area is 243 Å². The largest absolute Gasteiger partial charge is 0.444 e. The molecule has 2 atom stereocenters. The normalized spacial score (nSPS) is 22.0. The van der Waals surface area contributed by atoms with Gasteiger partial charge in [0.15, 0.2) is 0 Å². The number of aromatic nitrogens is 1. The summed E-state index contributed by atoms with van der Waals surface area (Å²) in [5.41, 5.74) is 3.66. The van der Waals surface area contributed by atoms with Crippen molar-refractivity contribution in [1.82, 2.24) is 19.3 Å². The smallest absolute Gasteiger partial charge is 0.410 e. The Balaban J connectivity index is 1.50. The van der Waals surface area contributed by atoms with Crippen LogP contribution in [0.1, 0.15) is 62.9 Å².